The first-order valence-corrected chi connectivity index (χ1v) is 9.56. The molecule has 1 saturated heterocycles. The minimum atomic E-state index is 0.466. The Morgan fingerprint density at radius 2 is 2.24 bits per heavy atom. The van der Waals surface area contributed by atoms with E-state index in [2.05, 4.69) is 60.2 Å². The van der Waals surface area contributed by atoms with Gasteiger partial charge in [-0.25, -0.2) is 0 Å². The maximum absolute atomic E-state index is 3.75. The minimum Gasteiger partial charge on any atom is -0.309 e. The lowest BCUT2D eigenvalue weighted by Crippen LogP contribution is -2.47. The van der Waals surface area contributed by atoms with Crippen molar-refractivity contribution in [2.24, 2.45) is 0 Å². The number of thioether (sulfide) groups is 1. The van der Waals surface area contributed by atoms with Crippen LogP contribution in [0.3, 0.4) is 0 Å². The van der Waals surface area contributed by atoms with Crippen LogP contribution < -0.4 is 5.32 Å². The van der Waals surface area contributed by atoms with Crippen molar-refractivity contribution in [3.05, 3.63) is 35.4 Å². The summed E-state index contributed by atoms with van der Waals surface area (Å²) < 4.78 is 0. The van der Waals surface area contributed by atoms with E-state index in [9.17, 15) is 0 Å². The lowest BCUT2D eigenvalue weighted by molar-refractivity contribution is 0.217. The number of nitrogens with one attached hydrogen (secondary N) is 1. The second-order valence-corrected chi connectivity index (χ2v) is 7.61. The van der Waals surface area contributed by atoms with Crippen molar-refractivity contribution in [3.8, 4) is 0 Å². The average molecular weight is 305 g/mol. The van der Waals surface area contributed by atoms with E-state index in [0.29, 0.717) is 12.1 Å². The lowest BCUT2D eigenvalue weighted by Gasteiger charge is -2.38. The van der Waals surface area contributed by atoms with E-state index in [1.807, 2.05) is 0 Å². The van der Waals surface area contributed by atoms with Crippen LogP contribution in [0.25, 0.3) is 0 Å². The molecule has 2 fully saturated rings. The highest BCUT2D eigenvalue weighted by molar-refractivity contribution is 7.99. The van der Waals surface area contributed by atoms with E-state index >= 15 is 0 Å². The first-order valence-electron chi connectivity index (χ1n) is 8.41. The van der Waals surface area contributed by atoms with Crippen molar-refractivity contribution in [1.82, 2.24) is 10.2 Å². The predicted molar refractivity (Wildman–Crippen MR) is 93.2 cm³/mol. The molecule has 116 valence electrons. The van der Waals surface area contributed by atoms with E-state index < -0.39 is 0 Å². The summed E-state index contributed by atoms with van der Waals surface area (Å²) in [6, 6.07) is 10.5. The molecule has 2 nitrogen and oxygen atoms in total. The first kappa shape index (κ1) is 15.4. The van der Waals surface area contributed by atoms with Crippen molar-refractivity contribution in [2.75, 3.05) is 31.6 Å². The molecule has 0 aromatic heterocycles. The summed E-state index contributed by atoms with van der Waals surface area (Å²) in [5.74, 6) is 3.33. The molecule has 1 aliphatic carbocycles. The van der Waals surface area contributed by atoms with Crippen LogP contribution in [-0.4, -0.2) is 42.6 Å². The number of hydrogen-bond acceptors (Lipinski definition) is 3. The van der Waals surface area contributed by atoms with E-state index in [1.54, 1.807) is 5.56 Å². The highest BCUT2D eigenvalue weighted by atomic mass is 32.2. The molecule has 1 aromatic carbocycles. The van der Waals surface area contributed by atoms with Crippen LogP contribution in [0, 0.1) is 0 Å². The van der Waals surface area contributed by atoms with Crippen LogP contribution in [0.5, 0.6) is 0 Å². The molecule has 1 aromatic rings. The minimum absolute atomic E-state index is 0.466. The van der Waals surface area contributed by atoms with Crippen molar-refractivity contribution in [2.45, 2.75) is 44.2 Å². The average Bonchev–Trinajstić information content (AvgIpc) is 2.44. The Morgan fingerprint density at radius 3 is 2.90 bits per heavy atom. The van der Waals surface area contributed by atoms with Gasteiger partial charge in [0.15, 0.2) is 0 Å². The first-order chi connectivity index (χ1) is 10.3. The molecule has 2 aliphatic rings. The summed E-state index contributed by atoms with van der Waals surface area (Å²) >= 11 is 2.10. The van der Waals surface area contributed by atoms with Crippen molar-refractivity contribution >= 4 is 11.8 Å². The molecule has 2 atom stereocenters. The quantitative estimate of drug-likeness (QED) is 0.894. The Labute approximate surface area is 133 Å². The molecular formula is C18H28N2S. The monoisotopic (exact) mass is 304 g/mol. The highest BCUT2D eigenvalue weighted by Gasteiger charge is 2.29. The molecule has 0 amide bonds. The maximum Gasteiger partial charge on any atom is 0.0486 e. The van der Waals surface area contributed by atoms with Crippen LogP contribution in [0.2, 0.25) is 0 Å². The molecule has 2 unspecified atom stereocenters. The van der Waals surface area contributed by atoms with Crippen molar-refractivity contribution in [3.63, 3.8) is 0 Å². The molecule has 1 saturated carbocycles. The number of hydrogen-bond donors (Lipinski definition) is 1. The van der Waals surface area contributed by atoms with Gasteiger partial charge in [0.25, 0.3) is 0 Å². The fourth-order valence-electron chi connectivity index (χ4n) is 3.50. The SMILES string of the molecule is CCNC(c1cccc(C2CCC2)c1)C1CSCCN1C. The normalized spacial score (nSPS) is 25.5. The van der Waals surface area contributed by atoms with Gasteiger partial charge < -0.3 is 5.32 Å². The highest BCUT2D eigenvalue weighted by Crippen LogP contribution is 2.37. The Balaban J connectivity index is 1.82. The second-order valence-electron chi connectivity index (χ2n) is 6.46. The molecular weight excluding hydrogens is 276 g/mol. The van der Waals surface area contributed by atoms with Crippen molar-refractivity contribution < 1.29 is 0 Å². The summed E-state index contributed by atoms with van der Waals surface area (Å²) in [4.78, 5) is 2.54. The third-order valence-corrected chi connectivity index (χ3v) is 6.15. The molecule has 3 rings (SSSR count). The van der Waals surface area contributed by atoms with Gasteiger partial charge in [0.2, 0.25) is 0 Å². The van der Waals surface area contributed by atoms with Gasteiger partial charge in [0, 0.05) is 30.1 Å². The zero-order valence-corrected chi connectivity index (χ0v) is 14.2. The third kappa shape index (κ3) is 3.46. The smallest absolute Gasteiger partial charge is 0.0486 e. The van der Waals surface area contributed by atoms with Crippen LogP contribution in [0.4, 0.5) is 0 Å². The maximum atomic E-state index is 3.75. The fraction of sp³-hybridized carbons (Fsp3) is 0.667. The van der Waals surface area contributed by atoms with E-state index in [0.717, 1.165) is 12.5 Å². The van der Waals surface area contributed by atoms with E-state index in [4.69, 9.17) is 0 Å². The number of nitrogens with zero attached hydrogens (tertiary/aromatic N) is 1. The molecule has 1 aliphatic heterocycles. The standard InChI is InChI=1S/C18H28N2S/c1-3-19-18(17-13-21-11-10-20(17)2)16-9-5-8-15(12-16)14-6-4-7-14/h5,8-9,12,14,17-19H,3-4,6-7,10-11,13H2,1-2H3. The Bertz CT molecular complexity index is 458. The topological polar surface area (TPSA) is 15.3 Å². The summed E-state index contributed by atoms with van der Waals surface area (Å²) in [6.07, 6.45) is 4.18. The summed E-state index contributed by atoms with van der Waals surface area (Å²) in [5.41, 5.74) is 3.05. The van der Waals surface area contributed by atoms with Crippen LogP contribution in [-0.2, 0) is 0 Å². The number of likely N-dealkylation sites (N-methyl/N-ethyl adjacent to an activating group) is 2. The van der Waals surface area contributed by atoms with Gasteiger partial charge in [-0.2, -0.15) is 11.8 Å². The van der Waals surface area contributed by atoms with Gasteiger partial charge in [0.1, 0.15) is 0 Å². The molecule has 1 heterocycles. The van der Waals surface area contributed by atoms with Crippen LogP contribution in [0.1, 0.15) is 49.3 Å². The van der Waals surface area contributed by atoms with Gasteiger partial charge in [-0.15, -0.1) is 0 Å². The summed E-state index contributed by atoms with van der Waals surface area (Å²) in [7, 11) is 2.28. The Hall–Kier alpha value is -0.510. The fourth-order valence-corrected chi connectivity index (χ4v) is 4.77. The molecule has 0 radical (unpaired) electrons. The molecule has 0 bridgehead atoms. The van der Waals surface area contributed by atoms with Crippen molar-refractivity contribution in [1.29, 1.82) is 0 Å². The van der Waals surface area contributed by atoms with Crippen LogP contribution in [0.15, 0.2) is 24.3 Å². The Morgan fingerprint density at radius 1 is 1.38 bits per heavy atom. The van der Waals surface area contributed by atoms with Gasteiger partial charge in [0.05, 0.1) is 0 Å². The molecule has 21 heavy (non-hydrogen) atoms. The van der Waals surface area contributed by atoms with E-state index in [1.165, 1.54) is 42.9 Å². The number of benzene rings is 1. The zero-order valence-electron chi connectivity index (χ0n) is 13.3. The molecule has 0 spiro atoms. The summed E-state index contributed by atoms with van der Waals surface area (Å²) in [5, 5.41) is 3.75. The lowest BCUT2D eigenvalue weighted by atomic mass is 9.79. The predicted octanol–water partition coefficient (Wildman–Crippen LogP) is 3.65. The van der Waals surface area contributed by atoms with Crippen LogP contribution >= 0.6 is 11.8 Å². The molecule has 3 heteroatoms. The summed E-state index contributed by atoms with van der Waals surface area (Å²) in [6.45, 7) is 4.46. The Kier molecular flexibility index (Phi) is 5.25. The zero-order chi connectivity index (χ0) is 14.7. The van der Waals surface area contributed by atoms with Gasteiger partial charge in [-0.05, 0) is 43.5 Å². The van der Waals surface area contributed by atoms with Gasteiger partial charge in [-0.3, -0.25) is 4.90 Å². The van der Waals surface area contributed by atoms with Gasteiger partial charge in [-0.1, -0.05) is 37.6 Å². The largest absolute Gasteiger partial charge is 0.309 e. The third-order valence-electron chi connectivity index (χ3n) is 5.10. The number of rotatable bonds is 5. The molecule has 1 N–H and O–H groups in total. The van der Waals surface area contributed by atoms with E-state index in [-0.39, 0.29) is 0 Å². The second kappa shape index (κ2) is 7.17. The van der Waals surface area contributed by atoms with Gasteiger partial charge >= 0.3 is 0 Å².